The highest BCUT2D eigenvalue weighted by molar-refractivity contribution is 7.89. The molecule has 4 atom stereocenters. The average molecular weight is 800 g/mol. The highest BCUT2D eigenvalue weighted by Crippen LogP contribution is 2.33. The molecule has 298 valence electrons. The van der Waals surface area contributed by atoms with Crippen LogP contribution in [0.2, 0.25) is 0 Å². The van der Waals surface area contributed by atoms with Crippen LogP contribution in [0.3, 0.4) is 0 Å². The van der Waals surface area contributed by atoms with E-state index in [4.69, 9.17) is 4.74 Å². The first-order valence-corrected chi connectivity index (χ1v) is 18.8. The van der Waals surface area contributed by atoms with E-state index in [-0.39, 0.29) is 53.2 Å². The summed E-state index contributed by atoms with van der Waals surface area (Å²) < 4.78 is 93.4. The lowest BCUT2D eigenvalue weighted by Gasteiger charge is -2.31. The van der Waals surface area contributed by atoms with Gasteiger partial charge in [0.1, 0.15) is 34.9 Å². The normalized spacial score (nSPS) is 13.8. The Labute approximate surface area is 321 Å². The molecule has 2 amide bonds. The summed E-state index contributed by atoms with van der Waals surface area (Å²) in [5.74, 6) is -5.97. The Morgan fingerprint density at radius 2 is 1.59 bits per heavy atom. The fourth-order valence-corrected chi connectivity index (χ4v) is 7.15. The van der Waals surface area contributed by atoms with Crippen LogP contribution in [0.1, 0.15) is 56.7 Å². The van der Waals surface area contributed by atoms with Gasteiger partial charge in [-0.25, -0.2) is 35.5 Å². The van der Waals surface area contributed by atoms with Crippen LogP contribution < -0.4 is 10.0 Å². The molecule has 0 saturated heterocycles. The predicted molar refractivity (Wildman–Crippen MR) is 199 cm³/mol. The number of carbonyl (C=O) groups excluding carboxylic acids is 2. The summed E-state index contributed by atoms with van der Waals surface area (Å²) in [5, 5.41) is 16.3. The van der Waals surface area contributed by atoms with Crippen LogP contribution >= 0.6 is 0 Å². The smallest absolute Gasteiger partial charge is 0.410 e. The summed E-state index contributed by atoms with van der Waals surface area (Å²) in [6.07, 6.45) is -0.387. The number of rotatable bonds is 16. The quantitative estimate of drug-likeness (QED) is 0.0472. The van der Waals surface area contributed by atoms with Gasteiger partial charge in [0.05, 0.1) is 29.1 Å². The number of anilines is 1. The minimum Gasteiger partial charge on any atom is -0.444 e. The number of nitrogens with one attached hydrogen (secondary N) is 2. The molecule has 18 heteroatoms. The van der Waals surface area contributed by atoms with Crippen molar-refractivity contribution in [3.05, 3.63) is 136 Å². The van der Waals surface area contributed by atoms with E-state index in [9.17, 15) is 41.8 Å². The molecule has 1 heterocycles. The Morgan fingerprint density at radius 3 is 2.18 bits per heavy atom. The average Bonchev–Trinajstić information content (AvgIpc) is 3.10. The fourth-order valence-electron chi connectivity index (χ4n) is 5.87. The molecule has 1 unspecified atom stereocenters. The lowest BCUT2D eigenvalue weighted by molar-refractivity contribution is -0.117. The number of pyridine rings is 1. The maximum absolute atomic E-state index is 15.6. The van der Waals surface area contributed by atoms with Gasteiger partial charge in [0, 0.05) is 41.6 Å². The number of azide groups is 1. The summed E-state index contributed by atoms with van der Waals surface area (Å²) in [4.78, 5) is 34.8. The van der Waals surface area contributed by atoms with Crippen molar-refractivity contribution in [3.63, 3.8) is 0 Å². The molecule has 0 fully saturated rings. The van der Waals surface area contributed by atoms with Crippen molar-refractivity contribution in [2.24, 2.45) is 5.11 Å². The van der Waals surface area contributed by atoms with Gasteiger partial charge in [-0.3, -0.25) is 9.78 Å². The maximum atomic E-state index is 15.6. The van der Waals surface area contributed by atoms with Crippen molar-refractivity contribution in [2.45, 2.75) is 75.1 Å². The summed E-state index contributed by atoms with van der Waals surface area (Å²) in [7, 11) is -4.22. The summed E-state index contributed by atoms with van der Waals surface area (Å²) in [5.41, 5.74) is 8.20. The maximum Gasteiger partial charge on any atom is 0.410 e. The number of aliphatic hydroxyl groups excluding tert-OH is 1. The monoisotopic (exact) mass is 799 g/mol. The predicted octanol–water partition coefficient (Wildman–Crippen LogP) is 6.99. The fraction of sp³-hybridized carbons (Fsp3) is 0.342. The zero-order chi connectivity index (χ0) is 41.2. The van der Waals surface area contributed by atoms with Gasteiger partial charge in [0.15, 0.2) is 0 Å². The van der Waals surface area contributed by atoms with Gasteiger partial charge in [-0.05, 0) is 93.6 Å². The van der Waals surface area contributed by atoms with Gasteiger partial charge in [-0.15, -0.1) is 0 Å². The molecule has 4 aromatic rings. The van der Waals surface area contributed by atoms with Crippen LogP contribution in [-0.2, 0) is 26.0 Å². The van der Waals surface area contributed by atoms with Crippen LogP contribution in [0.5, 0.6) is 0 Å². The SMILES string of the molecule is CC(O)CN(C[C@H](CCc1c(F)cncc1NC(=O)[C@@H](N=[N+]=[N-])[C@@H](c1ccc(F)cc1)c1cc(F)cc(F)c1)NS(=O)(=O)c1ccccc1)C(=O)OC(C)(C)C. The van der Waals surface area contributed by atoms with Crippen LogP contribution in [0.4, 0.5) is 28.0 Å². The second kappa shape index (κ2) is 18.9. The number of benzene rings is 3. The van der Waals surface area contributed by atoms with Gasteiger partial charge in [0.2, 0.25) is 15.9 Å². The number of sulfonamides is 1. The Morgan fingerprint density at radius 1 is 0.946 bits per heavy atom. The van der Waals surface area contributed by atoms with Gasteiger partial charge in [0.25, 0.3) is 0 Å². The number of halogens is 4. The van der Waals surface area contributed by atoms with Crippen molar-refractivity contribution < 1.29 is 45.4 Å². The number of hydrogen-bond acceptors (Lipinski definition) is 8. The van der Waals surface area contributed by atoms with Crippen molar-refractivity contribution in [1.82, 2.24) is 14.6 Å². The summed E-state index contributed by atoms with van der Waals surface area (Å²) in [6.45, 7) is 5.75. The van der Waals surface area contributed by atoms with Gasteiger partial charge >= 0.3 is 6.09 Å². The summed E-state index contributed by atoms with van der Waals surface area (Å²) in [6, 6.07) is 11.5. The minimum absolute atomic E-state index is 0.0923. The van der Waals surface area contributed by atoms with Gasteiger partial charge in [-0.2, -0.15) is 0 Å². The first kappa shape index (κ1) is 43.2. The standard InChI is InChI=1S/C38H41F4N7O6S/c1-23(50)21-49(37(52)55-38(2,3)4)22-29(47-56(53,54)30-8-6-5-7-9-30)14-15-31-32(42)19-44-20-33(31)45-36(51)35(46-48-43)34(24-10-12-26(39)13-11-24)25-16-27(40)18-28(41)17-25/h5-13,16-20,23,29,34-35,47,50H,14-15,21-22H2,1-4H3,(H,45,51)/t23?,29-,34-,35-/m0/s1. The molecular formula is C38H41F4N7O6S. The van der Waals surface area contributed by atoms with E-state index >= 15 is 4.39 Å². The number of carbonyl (C=O) groups is 2. The minimum atomic E-state index is -4.22. The first-order chi connectivity index (χ1) is 26.4. The molecular weight excluding hydrogens is 759 g/mol. The number of aliphatic hydroxyl groups is 1. The highest BCUT2D eigenvalue weighted by atomic mass is 32.2. The molecule has 0 radical (unpaired) electrons. The van der Waals surface area contributed by atoms with Crippen LogP contribution in [0.15, 0.2) is 95.2 Å². The number of amides is 2. The van der Waals surface area contributed by atoms with Crippen LogP contribution in [0.25, 0.3) is 10.4 Å². The third-order valence-electron chi connectivity index (χ3n) is 8.19. The molecule has 0 spiro atoms. The number of aromatic nitrogens is 1. The van der Waals surface area contributed by atoms with E-state index in [2.05, 4.69) is 25.0 Å². The number of nitrogens with zero attached hydrogens (tertiary/aromatic N) is 5. The molecule has 4 rings (SSSR count). The highest BCUT2D eigenvalue weighted by Gasteiger charge is 2.33. The lowest BCUT2D eigenvalue weighted by Crippen LogP contribution is -2.49. The Bertz CT molecular complexity index is 2130. The molecule has 0 aliphatic carbocycles. The Hall–Kier alpha value is -5.55. The number of hydrogen-bond donors (Lipinski definition) is 3. The van der Waals surface area contributed by atoms with Crippen molar-refractivity contribution in [1.29, 1.82) is 0 Å². The van der Waals surface area contributed by atoms with Crippen LogP contribution in [0, 0.1) is 23.3 Å². The van der Waals surface area contributed by atoms with Gasteiger partial charge < -0.3 is 20.1 Å². The zero-order valence-electron chi connectivity index (χ0n) is 30.9. The lowest BCUT2D eigenvalue weighted by atomic mass is 9.84. The third kappa shape index (κ3) is 12.2. The van der Waals surface area contributed by atoms with Gasteiger partial charge in [-0.1, -0.05) is 35.4 Å². The zero-order valence-corrected chi connectivity index (χ0v) is 31.7. The molecule has 3 aromatic carbocycles. The van der Waals surface area contributed by atoms with E-state index < -0.39 is 75.0 Å². The first-order valence-electron chi connectivity index (χ1n) is 17.3. The Balaban J connectivity index is 1.70. The van der Waals surface area contributed by atoms with E-state index in [1.165, 1.54) is 43.3 Å². The molecule has 56 heavy (non-hydrogen) atoms. The second-order valence-electron chi connectivity index (χ2n) is 13.9. The molecule has 13 nitrogen and oxygen atoms in total. The van der Waals surface area contributed by atoms with Crippen LogP contribution in [-0.4, -0.2) is 72.3 Å². The molecule has 0 aliphatic rings. The summed E-state index contributed by atoms with van der Waals surface area (Å²) >= 11 is 0. The topological polar surface area (TPSA) is 187 Å². The van der Waals surface area contributed by atoms with E-state index in [0.717, 1.165) is 41.6 Å². The Kier molecular flexibility index (Phi) is 14.5. The molecule has 3 N–H and O–H groups in total. The molecule has 0 saturated carbocycles. The van der Waals surface area contributed by atoms with E-state index in [1.807, 2.05) is 0 Å². The van der Waals surface area contributed by atoms with Crippen molar-refractivity contribution >= 4 is 27.7 Å². The molecule has 1 aromatic heterocycles. The second-order valence-corrected chi connectivity index (χ2v) is 15.6. The van der Waals surface area contributed by atoms with E-state index in [1.54, 1.807) is 26.8 Å². The largest absolute Gasteiger partial charge is 0.444 e. The van der Waals surface area contributed by atoms with Crippen molar-refractivity contribution in [3.8, 4) is 0 Å². The van der Waals surface area contributed by atoms with Crippen molar-refractivity contribution in [2.75, 3.05) is 18.4 Å². The number of ether oxygens (including phenoxy) is 1. The third-order valence-corrected chi connectivity index (χ3v) is 9.73. The molecule has 0 aliphatic heterocycles. The molecule has 0 bridgehead atoms. The van der Waals surface area contributed by atoms with E-state index in [0.29, 0.717) is 6.07 Å².